The number of nitrogens with zero attached hydrogens (tertiary/aromatic N) is 6. The number of rotatable bonds is 14. The van der Waals surface area contributed by atoms with Gasteiger partial charge in [-0.05, 0) is 106 Å². The molecule has 2 aromatic carbocycles. The van der Waals surface area contributed by atoms with Crippen LogP contribution in [0.3, 0.4) is 0 Å². The summed E-state index contributed by atoms with van der Waals surface area (Å²) in [5, 5.41) is 12.7. The number of amides is 2. The van der Waals surface area contributed by atoms with Crippen molar-refractivity contribution in [3.63, 3.8) is 0 Å². The number of halogens is 2. The molecule has 15 heteroatoms. The third kappa shape index (κ3) is 8.47. The number of nitrogens with one attached hydrogen (secondary N) is 4. The Kier molecular flexibility index (Phi) is 11.6. The summed E-state index contributed by atoms with van der Waals surface area (Å²) in [6, 6.07) is 9.61. The highest BCUT2D eigenvalue weighted by Crippen LogP contribution is 2.33. The number of aryl methyl sites for hydroxylation is 1. The van der Waals surface area contributed by atoms with E-state index in [1.807, 2.05) is 13.0 Å². The van der Waals surface area contributed by atoms with Crippen LogP contribution in [-0.4, -0.2) is 86.9 Å². The molecule has 0 aliphatic carbocycles. The minimum absolute atomic E-state index is 0.0204. The monoisotopic (exact) mass is 738 g/mol. The smallest absolute Gasteiger partial charge is 0.321 e. The fourth-order valence-corrected chi connectivity index (χ4v) is 7.13. The topological polar surface area (TPSA) is 151 Å². The maximum atomic E-state index is 15.3. The number of hydrogen-bond acceptors (Lipinski definition) is 10. The van der Waals surface area contributed by atoms with Gasteiger partial charge in [-0.3, -0.25) is 14.0 Å². The van der Waals surface area contributed by atoms with E-state index < -0.39 is 11.6 Å². The third-order valence-electron chi connectivity index (χ3n) is 10.1. The van der Waals surface area contributed by atoms with Gasteiger partial charge in [0.2, 0.25) is 11.7 Å². The van der Waals surface area contributed by atoms with Crippen molar-refractivity contribution in [2.75, 3.05) is 51.1 Å². The molecule has 0 radical (unpaired) electrons. The summed E-state index contributed by atoms with van der Waals surface area (Å²) in [5.41, 5.74) is 2.75. The molecular weight excluding hydrogens is 694 g/mol. The fraction of sp³-hybridized carbons (Fsp3) is 0.385. The average molecular weight is 739 g/mol. The number of benzene rings is 2. The Morgan fingerprint density at radius 3 is 2.56 bits per heavy atom. The number of likely N-dealkylation sites (tertiary alicyclic amines) is 1. The van der Waals surface area contributed by atoms with E-state index in [9.17, 15) is 9.59 Å². The molecule has 282 valence electrons. The zero-order valence-electron chi connectivity index (χ0n) is 30.2. The average Bonchev–Trinajstić information content (AvgIpc) is 3.88. The molecule has 2 aliphatic heterocycles. The van der Waals surface area contributed by atoms with Crippen LogP contribution in [0.2, 0.25) is 0 Å². The normalized spacial score (nSPS) is 16.4. The van der Waals surface area contributed by atoms with Crippen LogP contribution < -0.4 is 26.0 Å². The van der Waals surface area contributed by atoms with Crippen LogP contribution in [-0.2, 0) is 11.2 Å². The molecule has 0 spiro atoms. The molecule has 54 heavy (non-hydrogen) atoms. The molecule has 5 aromatic rings. The Bertz CT molecular complexity index is 2080. The predicted octanol–water partition coefficient (Wildman–Crippen LogP) is 5.12. The highest BCUT2D eigenvalue weighted by atomic mass is 19.2. The number of piperidine rings is 1. The van der Waals surface area contributed by atoms with E-state index in [1.165, 1.54) is 43.3 Å². The van der Waals surface area contributed by atoms with Gasteiger partial charge in [-0.15, -0.1) is 0 Å². The number of carbonyl (C=O) groups excluding carboxylic acids is 2. The molecule has 3 aromatic heterocycles. The summed E-state index contributed by atoms with van der Waals surface area (Å²) >= 11 is 0. The van der Waals surface area contributed by atoms with E-state index in [-0.39, 0.29) is 35.1 Å². The van der Waals surface area contributed by atoms with Crippen LogP contribution in [0.15, 0.2) is 67.4 Å². The number of hydrogen-bond donors (Lipinski definition) is 4. The van der Waals surface area contributed by atoms with Crippen molar-refractivity contribution in [3.8, 4) is 23.0 Å². The molecule has 4 N–H and O–H groups in total. The van der Waals surface area contributed by atoms with Crippen LogP contribution in [0, 0.1) is 23.5 Å². The lowest BCUT2D eigenvalue weighted by Gasteiger charge is -2.32. The molecule has 2 aliphatic rings. The van der Waals surface area contributed by atoms with Gasteiger partial charge >= 0.3 is 6.01 Å². The molecule has 1 atom stereocenters. The van der Waals surface area contributed by atoms with Gasteiger partial charge in [-0.25, -0.2) is 24.3 Å². The maximum absolute atomic E-state index is 15.3. The van der Waals surface area contributed by atoms with Gasteiger partial charge in [0.25, 0.3) is 5.91 Å². The molecule has 1 unspecified atom stereocenters. The van der Waals surface area contributed by atoms with E-state index >= 15 is 8.78 Å². The minimum Gasteiger partial charge on any atom is -0.421 e. The van der Waals surface area contributed by atoms with Crippen molar-refractivity contribution in [3.05, 3.63) is 90.1 Å². The minimum atomic E-state index is -1.18. The molecule has 0 saturated carbocycles. The quantitative estimate of drug-likeness (QED) is 0.113. The molecule has 2 amide bonds. The Balaban J connectivity index is 0.920. The first-order chi connectivity index (χ1) is 26.4. The van der Waals surface area contributed by atoms with Gasteiger partial charge in [-0.2, -0.15) is 4.39 Å². The maximum Gasteiger partial charge on any atom is 0.321 e. The van der Waals surface area contributed by atoms with Crippen molar-refractivity contribution in [2.24, 2.45) is 11.8 Å². The number of anilines is 2. The summed E-state index contributed by atoms with van der Waals surface area (Å²) < 4.78 is 37.3. The second-order valence-corrected chi connectivity index (χ2v) is 13.7. The van der Waals surface area contributed by atoms with Crippen LogP contribution in [0.1, 0.15) is 48.5 Å². The van der Waals surface area contributed by atoms with E-state index in [1.54, 1.807) is 28.8 Å². The van der Waals surface area contributed by atoms with Crippen LogP contribution in [0.4, 0.5) is 20.3 Å². The first kappa shape index (κ1) is 36.8. The zero-order valence-corrected chi connectivity index (χ0v) is 30.2. The van der Waals surface area contributed by atoms with Gasteiger partial charge in [0.1, 0.15) is 0 Å². The first-order valence-corrected chi connectivity index (χ1v) is 18.5. The summed E-state index contributed by atoms with van der Waals surface area (Å²) in [6.45, 7) is 8.18. The summed E-state index contributed by atoms with van der Waals surface area (Å²) in [5.74, 6) is -1.55. The second-order valence-electron chi connectivity index (χ2n) is 13.7. The van der Waals surface area contributed by atoms with Gasteiger partial charge < -0.3 is 30.9 Å². The van der Waals surface area contributed by atoms with E-state index in [0.717, 1.165) is 57.0 Å². The van der Waals surface area contributed by atoms with Crippen molar-refractivity contribution in [1.82, 2.24) is 45.2 Å². The molecule has 13 nitrogen and oxygen atoms in total. The van der Waals surface area contributed by atoms with E-state index in [0.29, 0.717) is 54.3 Å². The molecule has 5 heterocycles. The summed E-state index contributed by atoms with van der Waals surface area (Å²) in [6.07, 6.45) is 11.7. The largest absolute Gasteiger partial charge is 0.421 e. The standard InChI is InChI=1S/C39H44F2N10O3/c1-2-26-21-28(5-6-29(26)38(53)45-13-3-12-44-37(52)27-10-18-50(19-11-27)24-25-9-16-42-22-25)49-35-36-48-23-31(51(36)20-17-43-35)30-7-8-32(34(41)33(30)40)54-39-46-14-4-15-47-39/h4-8,14-15,17,20-21,23,25,27,42H,2-3,9-13,16,18-19,22,24H2,1H3,(H,43,49)(H,44,52)(H,45,53). The molecular formula is C39H44F2N10O3. The van der Waals surface area contributed by atoms with E-state index in [2.05, 4.69) is 46.1 Å². The second kappa shape index (κ2) is 17.1. The Morgan fingerprint density at radius 1 is 0.963 bits per heavy atom. The number of carbonyl (C=O) groups is 2. The highest BCUT2D eigenvalue weighted by molar-refractivity contribution is 5.96. The summed E-state index contributed by atoms with van der Waals surface area (Å²) in [7, 11) is 0. The lowest BCUT2D eigenvalue weighted by molar-refractivity contribution is -0.126. The van der Waals surface area contributed by atoms with Gasteiger partial charge in [0.05, 0.1) is 11.9 Å². The van der Waals surface area contributed by atoms with Gasteiger partial charge in [-0.1, -0.05) is 6.92 Å². The van der Waals surface area contributed by atoms with Gasteiger partial charge in [0, 0.05) is 67.2 Å². The van der Waals surface area contributed by atoms with Crippen molar-refractivity contribution < 1.29 is 23.1 Å². The Morgan fingerprint density at radius 2 is 1.78 bits per heavy atom. The summed E-state index contributed by atoms with van der Waals surface area (Å²) in [4.78, 5) is 45.1. The lowest BCUT2D eigenvalue weighted by atomic mass is 9.95. The van der Waals surface area contributed by atoms with Gasteiger partial charge in [0.15, 0.2) is 23.0 Å². The zero-order chi connectivity index (χ0) is 37.4. The Hall–Kier alpha value is -5.54. The van der Waals surface area contributed by atoms with Crippen LogP contribution in [0.25, 0.3) is 16.9 Å². The SMILES string of the molecule is CCc1cc(Nc2nccn3c(-c4ccc(Oc5ncccn5)c(F)c4F)cnc23)ccc1C(=O)NCCCNC(=O)C1CCN(CC2CCNC2)CC1. The Labute approximate surface area is 312 Å². The molecule has 2 saturated heterocycles. The molecule has 7 rings (SSSR count). The number of fused-ring (bicyclic) bond motifs is 1. The third-order valence-corrected chi connectivity index (χ3v) is 10.1. The van der Waals surface area contributed by atoms with Crippen molar-refractivity contribution in [1.29, 1.82) is 0 Å². The molecule has 2 fully saturated rings. The predicted molar refractivity (Wildman–Crippen MR) is 200 cm³/mol. The highest BCUT2D eigenvalue weighted by Gasteiger charge is 2.27. The number of imidazole rings is 1. The number of ether oxygens (including phenoxy) is 1. The first-order valence-electron chi connectivity index (χ1n) is 18.5. The molecule has 0 bridgehead atoms. The van der Waals surface area contributed by atoms with Crippen molar-refractivity contribution >= 4 is 29.0 Å². The van der Waals surface area contributed by atoms with Crippen LogP contribution in [0.5, 0.6) is 11.8 Å². The van der Waals surface area contributed by atoms with Crippen LogP contribution >= 0.6 is 0 Å². The fourth-order valence-electron chi connectivity index (χ4n) is 7.13. The number of aromatic nitrogens is 5. The lowest BCUT2D eigenvalue weighted by Crippen LogP contribution is -2.42. The van der Waals surface area contributed by atoms with E-state index in [4.69, 9.17) is 4.74 Å². The van der Waals surface area contributed by atoms with Crippen molar-refractivity contribution in [2.45, 2.75) is 39.0 Å².